The van der Waals surface area contributed by atoms with E-state index in [-0.39, 0.29) is 5.91 Å². The number of carbonyl (C=O) groups excluding carboxylic acids is 1. The van der Waals surface area contributed by atoms with Crippen molar-refractivity contribution in [3.05, 3.63) is 12.2 Å². The van der Waals surface area contributed by atoms with Crippen LogP contribution in [0.15, 0.2) is 12.2 Å². The van der Waals surface area contributed by atoms with Crippen LogP contribution in [0.1, 0.15) is 251 Å². The van der Waals surface area contributed by atoms with Gasteiger partial charge >= 0.3 is 0 Å². The number of allylic oxidation sites excluding steroid dienone is 1. The van der Waals surface area contributed by atoms with E-state index in [4.69, 9.17) is 0 Å². The molecule has 0 saturated heterocycles. The SMILES string of the molecule is CCCCCCCCCCCCCCCCCCCCC/C=C/C(O)C(CS(=O)(=O)O)NC(=O)CCCCCCCCCCCCCCCCCC. The molecule has 0 radical (unpaired) electrons. The first kappa shape index (κ1) is 51.1. The molecule has 310 valence electrons. The van der Waals surface area contributed by atoms with Gasteiger partial charge in [0.15, 0.2) is 0 Å². The lowest BCUT2D eigenvalue weighted by molar-refractivity contribution is -0.122. The number of hydrogen-bond acceptors (Lipinski definition) is 4. The highest BCUT2D eigenvalue weighted by atomic mass is 32.2. The highest BCUT2D eigenvalue weighted by molar-refractivity contribution is 7.85. The molecule has 0 aliphatic carbocycles. The molecule has 52 heavy (non-hydrogen) atoms. The van der Waals surface area contributed by atoms with Gasteiger partial charge in [-0.3, -0.25) is 9.35 Å². The van der Waals surface area contributed by atoms with Crippen LogP contribution in [0.3, 0.4) is 0 Å². The van der Waals surface area contributed by atoms with Gasteiger partial charge < -0.3 is 10.4 Å². The predicted molar refractivity (Wildman–Crippen MR) is 226 cm³/mol. The van der Waals surface area contributed by atoms with Crippen molar-refractivity contribution < 1.29 is 22.9 Å². The molecular weight excluding hydrogens is 667 g/mol. The zero-order valence-corrected chi connectivity index (χ0v) is 35.5. The van der Waals surface area contributed by atoms with Crippen LogP contribution >= 0.6 is 0 Å². The Morgan fingerprint density at radius 1 is 0.500 bits per heavy atom. The summed E-state index contributed by atoms with van der Waals surface area (Å²) in [5, 5.41) is 13.3. The number of rotatable bonds is 42. The van der Waals surface area contributed by atoms with Crippen molar-refractivity contribution in [2.75, 3.05) is 5.75 Å². The molecule has 0 saturated carbocycles. The number of nitrogens with one attached hydrogen (secondary N) is 1. The molecule has 0 aliphatic heterocycles. The van der Waals surface area contributed by atoms with Crippen molar-refractivity contribution in [1.82, 2.24) is 5.32 Å². The number of aliphatic hydroxyl groups excluding tert-OH is 1. The zero-order valence-electron chi connectivity index (χ0n) is 34.7. The van der Waals surface area contributed by atoms with Gasteiger partial charge in [0, 0.05) is 6.42 Å². The summed E-state index contributed by atoms with van der Waals surface area (Å²) in [5.74, 6) is -0.965. The number of unbranched alkanes of at least 4 members (excludes halogenated alkanes) is 34. The Bertz CT molecular complexity index is 877. The van der Waals surface area contributed by atoms with Crippen LogP contribution in [-0.4, -0.2) is 41.9 Å². The molecule has 0 rings (SSSR count). The Kier molecular flexibility index (Phi) is 39.1. The molecule has 0 aromatic rings. The standard InChI is InChI=1S/C45H89NO5S/c1-3-5-7-9-11-13-15-17-19-21-22-23-24-25-26-28-30-32-34-36-38-40-44(47)43(42-52(49,50)51)46-45(48)41-39-37-35-33-31-29-27-20-18-16-14-12-10-8-6-4-2/h38,40,43-44,47H,3-37,39,41-42H2,1-2H3,(H,46,48)(H,49,50,51)/b40-38+. The van der Waals surface area contributed by atoms with Gasteiger partial charge in [0.05, 0.1) is 17.9 Å². The largest absolute Gasteiger partial charge is 0.387 e. The molecule has 0 aliphatic rings. The van der Waals surface area contributed by atoms with Crippen LogP contribution in [0.2, 0.25) is 0 Å². The van der Waals surface area contributed by atoms with E-state index >= 15 is 0 Å². The lowest BCUT2D eigenvalue weighted by atomic mass is 10.0. The maximum Gasteiger partial charge on any atom is 0.267 e. The molecule has 0 aromatic carbocycles. The second-order valence-corrected chi connectivity index (χ2v) is 17.5. The van der Waals surface area contributed by atoms with Crippen LogP contribution in [-0.2, 0) is 14.9 Å². The van der Waals surface area contributed by atoms with E-state index in [0.29, 0.717) is 6.42 Å². The van der Waals surface area contributed by atoms with Crippen LogP contribution in [0.5, 0.6) is 0 Å². The predicted octanol–water partition coefficient (Wildman–Crippen LogP) is 13.7. The van der Waals surface area contributed by atoms with Crippen LogP contribution in [0.4, 0.5) is 0 Å². The van der Waals surface area contributed by atoms with Crippen molar-refractivity contribution in [3.8, 4) is 0 Å². The van der Waals surface area contributed by atoms with E-state index in [0.717, 1.165) is 38.5 Å². The van der Waals surface area contributed by atoms with Crippen molar-refractivity contribution in [2.24, 2.45) is 0 Å². The summed E-state index contributed by atoms with van der Waals surface area (Å²) in [7, 11) is -4.34. The van der Waals surface area contributed by atoms with E-state index in [1.54, 1.807) is 6.08 Å². The van der Waals surface area contributed by atoms with E-state index < -0.39 is 28.0 Å². The maximum atomic E-state index is 12.5. The first-order valence-corrected chi connectivity index (χ1v) is 24.5. The second-order valence-electron chi connectivity index (χ2n) is 16.0. The van der Waals surface area contributed by atoms with Crippen molar-refractivity contribution in [1.29, 1.82) is 0 Å². The third kappa shape index (κ3) is 40.3. The third-order valence-electron chi connectivity index (χ3n) is 10.7. The van der Waals surface area contributed by atoms with Crippen LogP contribution in [0, 0.1) is 0 Å². The second kappa shape index (κ2) is 39.8. The van der Waals surface area contributed by atoms with Gasteiger partial charge in [-0.1, -0.05) is 238 Å². The number of carbonyl (C=O) groups is 1. The molecule has 7 heteroatoms. The Morgan fingerprint density at radius 2 is 0.788 bits per heavy atom. The highest BCUT2D eigenvalue weighted by Crippen LogP contribution is 2.16. The summed E-state index contributed by atoms with van der Waals surface area (Å²) in [6.07, 6.45) is 49.2. The number of amides is 1. The topological polar surface area (TPSA) is 104 Å². The van der Waals surface area contributed by atoms with Gasteiger partial charge in [0.1, 0.15) is 0 Å². The molecule has 6 nitrogen and oxygen atoms in total. The quantitative estimate of drug-likeness (QED) is 0.0327. The average molecular weight is 756 g/mol. The smallest absolute Gasteiger partial charge is 0.267 e. The highest BCUT2D eigenvalue weighted by Gasteiger charge is 2.24. The summed E-state index contributed by atoms with van der Waals surface area (Å²) in [4.78, 5) is 12.5. The molecule has 0 aromatic heterocycles. The van der Waals surface area contributed by atoms with E-state index in [2.05, 4.69) is 19.2 Å². The normalized spacial score (nSPS) is 13.2. The lowest BCUT2D eigenvalue weighted by Gasteiger charge is -2.21. The van der Waals surface area contributed by atoms with Crippen LogP contribution in [0.25, 0.3) is 0 Å². The molecule has 1 amide bonds. The summed E-state index contributed by atoms with van der Waals surface area (Å²) in [5.41, 5.74) is 0. The van der Waals surface area contributed by atoms with E-state index in [1.165, 1.54) is 193 Å². The van der Waals surface area contributed by atoms with Gasteiger partial charge in [-0.2, -0.15) is 8.42 Å². The molecule has 3 N–H and O–H groups in total. The first-order chi connectivity index (χ1) is 25.3. The number of hydrogen-bond donors (Lipinski definition) is 3. The minimum absolute atomic E-state index is 0.273. The van der Waals surface area contributed by atoms with Gasteiger partial charge in [0.25, 0.3) is 10.1 Å². The van der Waals surface area contributed by atoms with Crippen molar-refractivity contribution in [2.45, 2.75) is 264 Å². The monoisotopic (exact) mass is 756 g/mol. The van der Waals surface area contributed by atoms with Gasteiger partial charge in [0.2, 0.25) is 5.91 Å². The average Bonchev–Trinajstić information content (AvgIpc) is 3.11. The minimum Gasteiger partial charge on any atom is -0.387 e. The molecular formula is C45H89NO5S. The van der Waals surface area contributed by atoms with E-state index in [1.807, 2.05) is 6.08 Å². The van der Waals surface area contributed by atoms with Gasteiger partial charge in [-0.05, 0) is 19.3 Å². The Hall–Kier alpha value is -0.920. The maximum absolute atomic E-state index is 12.5. The Balaban J connectivity index is 3.82. The molecule has 0 spiro atoms. The van der Waals surface area contributed by atoms with Gasteiger partial charge in [-0.25, -0.2) is 0 Å². The lowest BCUT2D eigenvalue weighted by Crippen LogP contribution is -2.46. The fraction of sp³-hybridized carbons (Fsp3) is 0.933. The summed E-state index contributed by atoms with van der Waals surface area (Å²) < 4.78 is 32.6. The first-order valence-electron chi connectivity index (χ1n) is 22.9. The van der Waals surface area contributed by atoms with Gasteiger partial charge in [-0.15, -0.1) is 0 Å². The van der Waals surface area contributed by atoms with E-state index in [9.17, 15) is 22.9 Å². The van der Waals surface area contributed by atoms with Crippen molar-refractivity contribution in [3.63, 3.8) is 0 Å². The van der Waals surface area contributed by atoms with Crippen molar-refractivity contribution >= 4 is 16.0 Å². The minimum atomic E-state index is -4.34. The third-order valence-corrected chi connectivity index (χ3v) is 11.5. The molecule has 0 bridgehead atoms. The fourth-order valence-electron chi connectivity index (χ4n) is 7.28. The summed E-state index contributed by atoms with van der Waals surface area (Å²) >= 11 is 0. The number of aliphatic hydroxyl groups is 1. The Labute approximate surface area is 324 Å². The van der Waals surface area contributed by atoms with Crippen LogP contribution < -0.4 is 5.32 Å². The molecule has 0 fully saturated rings. The fourth-order valence-corrected chi connectivity index (χ4v) is 8.01. The Morgan fingerprint density at radius 3 is 1.10 bits per heavy atom. The molecule has 0 heterocycles. The summed E-state index contributed by atoms with van der Waals surface area (Å²) in [6, 6.07) is -1.05. The molecule has 2 atom stereocenters. The zero-order chi connectivity index (χ0) is 38.2. The summed E-state index contributed by atoms with van der Waals surface area (Å²) in [6.45, 7) is 4.55. The molecule has 2 unspecified atom stereocenters.